The van der Waals surface area contributed by atoms with Crippen LogP contribution in [0.1, 0.15) is 24.1 Å². The van der Waals surface area contributed by atoms with Crippen LogP contribution < -0.4 is 10.6 Å². The zero-order chi connectivity index (χ0) is 14.0. The van der Waals surface area contributed by atoms with Crippen LogP contribution in [-0.2, 0) is 30.5 Å². The van der Waals surface area contributed by atoms with Crippen LogP contribution in [0.15, 0.2) is 0 Å². The second kappa shape index (κ2) is 5.20. The Morgan fingerprint density at radius 1 is 1.53 bits per heavy atom. The fraction of sp³-hybridized carbons (Fsp3) is 0.636. The predicted octanol–water partition coefficient (Wildman–Crippen LogP) is 0.684. The monoisotopic (exact) mass is 276 g/mol. The average molecular weight is 276 g/mol. The molecule has 0 unspecified atom stereocenters. The maximum absolute atomic E-state index is 12.9. The Kier molecular flexibility index (Phi) is 3.79. The largest absolute Gasteiger partial charge is 0.449 e. The van der Waals surface area contributed by atoms with E-state index in [9.17, 15) is 18.0 Å². The van der Waals surface area contributed by atoms with Crippen molar-refractivity contribution in [3.63, 3.8) is 0 Å². The summed E-state index contributed by atoms with van der Waals surface area (Å²) < 4.78 is 39.8. The molecule has 5 nitrogen and oxygen atoms in total. The molecule has 1 aromatic heterocycles. The number of halogens is 3. The van der Waals surface area contributed by atoms with E-state index in [2.05, 4.69) is 15.6 Å². The van der Waals surface area contributed by atoms with E-state index in [1.807, 2.05) is 0 Å². The molecule has 1 aliphatic heterocycles. The first-order valence-electron chi connectivity index (χ1n) is 6.06. The number of amides is 1. The van der Waals surface area contributed by atoms with Gasteiger partial charge in [-0.05, 0) is 6.92 Å². The highest BCUT2D eigenvalue weighted by Crippen LogP contribution is 2.31. The van der Waals surface area contributed by atoms with Crippen molar-refractivity contribution in [2.75, 3.05) is 13.1 Å². The number of likely N-dealkylation sites (N-methyl/N-ethyl adjacent to an activating group) is 1. The van der Waals surface area contributed by atoms with E-state index >= 15 is 0 Å². The van der Waals surface area contributed by atoms with Gasteiger partial charge in [0.05, 0.1) is 5.69 Å². The van der Waals surface area contributed by atoms with Crippen LogP contribution in [0.5, 0.6) is 0 Å². The van der Waals surface area contributed by atoms with E-state index in [0.717, 1.165) is 4.57 Å². The zero-order valence-corrected chi connectivity index (χ0v) is 10.5. The molecule has 0 saturated carbocycles. The normalized spacial score (nSPS) is 15.2. The van der Waals surface area contributed by atoms with Gasteiger partial charge in [-0.2, -0.15) is 13.2 Å². The van der Waals surface area contributed by atoms with Gasteiger partial charge in [0, 0.05) is 31.7 Å². The van der Waals surface area contributed by atoms with Gasteiger partial charge in [0.25, 0.3) is 0 Å². The Balaban J connectivity index is 2.38. The first kappa shape index (κ1) is 13.9. The van der Waals surface area contributed by atoms with Crippen LogP contribution in [0.2, 0.25) is 0 Å². The highest BCUT2D eigenvalue weighted by molar-refractivity contribution is 5.75. The van der Waals surface area contributed by atoms with E-state index < -0.39 is 17.9 Å². The van der Waals surface area contributed by atoms with E-state index in [-0.39, 0.29) is 6.54 Å². The number of aromatic nitrogens is 2. The third-order valence-electron chi connectivity index (χ3n) is 2.92. The first-order chi connectivity index (χ1) is 8.93. The van der Waals surface area contributed by atoms with Crippen LogP contribution in [-0.4, -0.2) is 28.5 Å². The smallest absolute Gasteiger partial charge is 0.355 e. The Morgan fingerprint density at radius 3 is 2.89 bits per heavy atom. The van der Waals surface area contributed by atoms with Crippen LogP contribution >= 0.6 is 0 Å². The molecule has 0 atom stereocenters. The molecule has 0 spiro atoms. The summed E-state index contributed by atoms with van der Waals surface area (Å²) in [6.45, 7) is 2.66. The Hall–Kier alpha value is -1.57. The molecule has 19 heavy (non-hydrogen) atoms. The lowest BCUT2D eigenvalue weighted by atomic mass is 10.2. The topological polar surface area (TPSA) is 59.0 Å². The number of nitrogens with one attached hydrogen (secondary N) is 2. The fourth-order valence-corrected chi connectivity index (χ4v) is 2.15. The maximum atomic E-state index is 12.9. The van der Waals surface area contributed by atoms with Gasteiger partial charge in [0.2, 0.25) is 11.7 Å². The molecule has 2 heterocycles. The molecule has 0 aliphatic carbocycles. The lowest BCUT2D eigenvalue weighted by molar-refractivity contribution is -0.147. The summed E-state index contributed by atoms with van der Waals surface area (Å²) in [5, 5.41) is 5.47. The number of hydrogen-bond acceptors (Lipinski definition) is 3. The van der Waals surface area contributed by atoms with Crippen LogP contribution in [0.3, 0.4) is 0 Å². The first-order valence-corrected chi connectivity index (χ1v) is 6.06. The van der Waals surface area contributed by atoms with Gasteiger partial charge in [-0.1, -0.05) is 0 Å². The van der Waals surface area contributed by atoms with Crippen molar-refractivity contribution in [1.82, 2.24) is 20.2 Å². The Morgan fingerprint density at radius 2 is 2.26 bits per heavy atom. The van der Waals surface area contributed by atoms with Crippen molar-refractivity contribution in [3.05, 3.63) is 17.2 Å². The highest BCUT2D eigenvalue weighted by atomic mass is 19.4. The van der Waals surface area contributed by atoms with Gasteiger partial charge in [0.1, 0.15) is 6.54 Å². The molecule has 2 N–H and O–H groups in total. The lowest BCUT2D eigenvalue weighted by Gasteiger charge is -2.16. The van der Waals surface area contributed by atoms with Crippen LogP contribution in [0.4, 0.5) is 13.2 Å². The molecule has 2 rings (SSSR count). The molecule has 1 aliphatic rings. The Labute approximate surface area is 108 Å². The van der Waals surface area contributed by atoms with E-state index in [1.54, 1.807) is 6.92 Å². The SMILES string of the molecule is CCNC(=O)Cn1c(C(F)(F)F)nc2c1CCNC2. The summed E-state index contributed by atoms with van der Waals surface area (Å²) >= 11 is 0. The second-order valence-electron chi connectivity index (χ2n) is 4.29. The summed E-state index contributed by atoms with van der Waals surface area (Å²) in [5.74, 6) is -1.43. The number of carbonyl (C=O) groups excluding carboxylic acids is 1. The molecular weight excluding hydrogens is 261 g/mol. The van der Waals surface area contributed by atoms with E-state index in [1.165, 1.54) is 0 Å². The molecule has 0 radical (unpaired) electrons. The molecule has 0 bridgehead atoms. The highest BCUT2D eigenvalue weighted by Gasteiger charge is 2.39. The minimum Gasteiger partial charge on any atom is -0.355 e. The number of hydrogen-bond donors (Lipinski definition) is 2. The quantitative estimate of drug-likeness (QED) is 0.853. The number of alkyl halides is 3. The van der Waals surface area contributed by atoms with Crippen LogP contribution in [0.25, 0.3) is 0 Å². The minimum atomic E-state index is -4.55. The van der Waals surface area contributed by atoms with Crippen molar-refractivity contribution >= 4 is 5.91 Å². The molecular formula is C11H15F3N4O. The average Bonchev–Trinajstić information content (AvgIpc) is 2.69. The summed E-state index contributed by atoms with van der Waals surface area (Å²) in [7, 11) is 0. The zero-order valence-electron chi connectivity index (χ0n) is 10.5. The number of carbonyl (C=O) groups is 1. The minimum absolute atomic E-state index is 0.306. The number of fused-ring (bicyclic) bond motifs is 1. The van der Waals surface area contributed by atoms with Gasteiger partial charge in [-0.3, -0.25) is 4.79 Å². The second-order valence-corrected chi connectivity index (χ2v) is 4.29. The number of rotatable bonds is 3. The fourth-order valence-electron chi connectivity index (χ4n) is 2.15. The lowest BCUT2D eigenvalue weighted by Crippen LogP contribution is -2.31. The summed E-state index contributed by atoms with van der Waals surface area (Å²) in [6, 6.07) is 0. The predicted molar refractivity (Wildman–Crippen MR) is 61.3 cm³/mol. The van der Waals surface area contributed by atoms with E-state index in [4.69, 9.17) is 0 Å². The summed E-state index contributed by atoms with van der Waals surface area (Å²) in [6.07, 6.45) is -4.11. The molecule has 0 saturated heterocycles. The van der Waals surface area contributed by atoms with Gasteiger partial charge >= 0.3 is 6.18 Å². The number of imidazole rings is 1. The van der Waals surface area contributed by atoms with Gasteiger partial charge in [0.15, 0.2) is 0 Å². The molecule has 0 aromatic carbocycles. The van der Waals surface area contributed by atoms with Crippen molar-refractivity contribution in [1.29, 1.82) is 0 Å². The molecule has 106 valence electrons. The molecule has 1 amide bonds. The van der Waals surface area contributed by atoms with Gasteiger partial charge in [-0.15, -0.1) is 0 Å². The third-order valence-corrected chi connectivity index (χ3v) is 2.92. The summed E-state index contributed by atoms with van der Waals surface area (Å²) in [4.78, 5) is 15.2. The van der Waals surface area contributed by atoms with Gasteiger partial charge in [-0.25, -0.2) is 4.98 Å². The molecule has 1 aromatic rings. The number of nitrogens with zero attached hydrogens (tertiary/aromatic N) is 2. The van der Waals surface area contributed by atoms with Crippen molar-refractivity contribution in [2.45, 2.75) is 32.6 Å². The van der Waals surface area contributed by atoms with Crippen molar-refractivity contribution in [3.8, 4) is 0 Å². The summed E-state index contributed by atoms with van der Waals surface area (Å²) in [5.41, 5.74) is 0.875. The maximum Gasteiger partial charge on any atom is 0.449 e. The van der Waals surface area contributed by atoms with E-state index in [0.29, 0.717) is 37.4 Å². The molecule has 8 heteroatoms. The van der Waals surface area contributed by atoms with Crippen molar-refractivity contribution < 1.29 is 18.0 Å². The van der Waals surface area contributed by atoms with Gasteiger partial charge < -0.3 is 15.2 Å². The molecule has 0 fully saturated rings. The standard InChI is InChI=1S/C11H15F3N4O/c1-2-16-9(19)6-18-8-3-4-15-5-7(8)17-10(18)11(12,13)14/h15H,2-6H2,1H3,(H,16,19). The van der Waals surface area contributed by atoms with Crippen LogP contribution in [0, 0.1) is 0 Å². The Bertz CT molecular complexity index is 481. The third kappa shape index (κ3) is 2.89. The van der Waals surface area contributed by atoms with Crippen molar-refractivity contribution in [2.24, 2.45) is 0 Å².